The number of hydrogen-bond donors (Lipinski definition) is 0. The molecule has 3 fully saturated rings. The van der Waals surface area contributed by atoms with Gasteiger partial charge in [0.1, 0.15) is 0 Å². The van der Waals surface area contributed by atoms with Crippen LogP contribution in [0, 0.1) is 5.92 Å². The van der Waals surface area contributed by atoms with Gasteiger partial charge in [-0.25, -0.2) is 8.42 Å². The van der Waals surface area contributed by atoms with Crippen LogP contribution in [-0.4, -0.2) is 55.5 Å². The van der Waals surface area contributed by atoms with Crippen molar-refractivity contribution in [2.45, 2.75) is 44.6 Å². The minimum Gasteiger partial charge on any atom is -0.333 e. The zero-order valence-electron chi connectivity index (χ0n) is 14.0. The second-order valence-corrected chi connectivity index (χ2v) is 10.3. The van der Waals surface area contributed by atoms with Crippen LogP contribution in [0.3, 0.4) is 0 Å². The van der Waals surface area contributed by atoms with E-state index in [4.69, 9.17) is 0 Å². The summed E-state index contributed by atoms with van der Waals surface area (Å²) in [5, 5.41) is 2.15. The number of rotatable bonds is 2. The first-order chi connectivity index (χ1) is 11.4. The number of carbonyl (C=O) groups is 1. The summed E-state index contributed by atoms with van der Waals surface area (Å²) in [6.45, 7) is 1.71. The maximum atomic E-state index is 13.2. The minimum atomic E-state index is -3.19. The fourth-order valence-electron chi connectivity index (χ4n) is 4.39. The number of thiophene rings is 1. The third kappa shape index (κ3) is 2.91. The first-order valence-electron chi connectivity index (χ1n) is 8.79. The molecule has 24 heavy (non-hydrogen) atoms. The lowest BCUT2D eigenvalue weighted by atomic mass is 9.92. The van der Waals surface area contributed by atoms with Gasteiger partial charge in [-0.15, -0.1) is 11.3 Å². The topological polar surface area (TPSA) is 57.7 Å². The van der Waals surface area contributed by atoms with Gasteiger partial charge in [-0.05, 0) is 60.9 Å². The van der Waals surface area contributed by atoms with Gasteiger partial charge in [0.05, 0.1) is 11.1 Å². The van der Waals surface area contributed by atoms with Crippen LogP contribution < -0.4 is 0 Å². The Kier molecular flexibility index (Phi) is 4.21. The molecule has 2 atom stereocenters. The van der Waals surface area contributed by atoms with Crippen LogP contribution in [0.25, 0.3) is 0 Å². The van der Waals surface area contributed by atoms with Gasteiger partial charge < -0.3 is 4.90 Å². The van der Waals surface area contributed by atoms with Gasteiger partial charge in [-0.3, -0.25) is 4.79 Å². The second kappa shape index (κ2) is 6.11. The molecule has 0 unspecified atom stereocenters. The smallest absolute Gasteiger partial charge is 0.264 e. The molecular weight excluding hydrogens is 344 g/mol. The second-order valence-electron chi connectivity index (χ2n) is 7.41. The zero-order chi connectivity index (χ0) is 16.9. The van der Waals surface area contributed by atoms with Crippen LogP contribution >= 0.6 is 11.3 Å². The normalized spacial score (nSPS) is 27.8. The summed E-state index contributed by atoms with van der Waals surface area (Å²) >= 11 is 1.58. The molecule has 132 valence electrons. The van der Waals surface area contributed by atoms with Crippen LogP contribution in [0.2, 0.25) is 0 Å². The number of aryl methyl sites for hydroxylation is 1. The van der Waals surface area contributed by atoms with Crippen molar-refractivity contribution in [3.8, 4) is 0 Å². The highest BCUT2D eigenvalue weighted by Gasteiger charge is 2.40. The van der Waals surface area contributed by atoms with Gasteiger partial charge in [-0.2, -0.15) is 4.31 Å². The number of hydrogen-bond acceptors (Lipinski definition) is 4. The Morgan fingerprint density at radius 2 is 1.96 bits per heavy atom. The average molecular weight is 369 g/mol. The van der Waals surface area contributed by atoms with Crippen LogP contribution in [-0.2, 0) is 22.9 Å². The quantitative estimate of drug-likeness (QED) is 0.803. The van der Waals surface area contributed by atoms with E-state index in [-0.39, 0.29) is 17.9 Å². The molecule has 1 aromatic rings. The van der Waals surface area contributed by atoms with Crippen molar-refractivity contribution in [1.29, 1.82) is 0 Å². The number of piperidine rings is 1. The number of nitrogens with zero attached hydrogens (tertiary/aromatic N) is 2. The Bertz CT molecular complexity index is 756. The first kappa shape index (κ1) is 16.5. The Morgan fingerprint density at radius 1 is 1.17 bits per heavy atom. The average Bonchev–Trinajstić information content (AvgIpc) is 2.74. The molecule has 3 aliphatic heterocycles. The third-order valence-electron chi connectivity index (χ3n) is 5.71. The third-order valence-corrected chi connectivity index (χ3v) is 8.00. The summed E-state index contributed by atoms with van der Waals surface area (Å²) in [5.41, 5.74) is 2.61. The van der Waals surface area contributed by atoms with Crippen molar-refractivity contribution in [2.75, 3.05) is 25.9 Å². The summed E-state index contributed by atoms with van der Waals surface area (Å²) in [5.74, 6) is 0.395. The van der Waals surface area contributed by atoms with E-state index in [9.17, 15) is 13.2 Å². The number of amides is 1. The fourth-order valence-corrected chi connectivity index (χ4v) is 6.43. The monoisotopic (exact) mass is 368 g/mol. The van der Waals surface area contributed by atoms with E-state index in [1.807, 2.05) is 4.90 Å². The highest BCUT2D eigenvalue weighted by atomic mass is 32.2. The summed E-state index contributed by atoms with van der Waals surface area (Å²) in [6.07, 6.45) is 7.69. The van der Waals surface area contributed by atoms with Gasteiger partial charge in [0.25, 0.3) is 5.91 Å². The Hall–Kier alpha value is -0.920. The van der Waals surface area contributed by atoms with Gasteiger partial charge in [0, 0.05) is 25.7 Å². The lowest BCUT2D eigenvalue weighted by Crippen LogP contribution is -2.47. The molecule has 2 bridgehead atoms. The van der Waals surface area contributed by atoms with Crippen molar-refractivity contribution >= 4 is 27.3 Å². The molecule has 3 saturated heterocycles. The summed E-state index contributed by atoms with van der Waals surface area (Å²) in [7, 11) is -3.19. The molecule has 0 saturated carbocycles. The van der Waals surface area contributed by atoms with Crippen LogP contribution in [0.5, 0.6) is 0 Å². The van der Waals surface area contributed by atoms with Crippen molar-refractivity contribution in [3.05, 3.63) is 21.4 Å². The predicted octanol–water partition coefficient (Wildman–Crippen LogP) is 2.12. The standard InChI is InChI=1S/C17H24N2O3S2/c1-24(21,22)18-8-12-6-7-14(10-18)19(9-12)17(20)16-15-5-3-2-4-13(15)11-23-16/h11-12,14H,2-10H2,1H3/t12-,14+/m1/s1. The molecule has 0 aromatic carbocycles. The number of carbonyl (C=O) groups excluding carboxylic acids is 1. The Labute approximate surface area is 147 Å². The highest BCUT2D eigenvalue weighted by molar-refractivity contribution is 7.88. The van der Waals surface area contributed by atoms with Gasteiger partial charge in [0.15, 0.2) is 0 Å². The molecule has 0 spiro atoms. The van der Waals surface area contributed by atoms with Crippen LogP contribution in [0.15, 0.2) is 5.38 Å². The molecule has 1 amide bonds. The van der Waals surface area contributed by atoms with E-state index >= 15 is 0 Å². The van der Waals surface area contributed by atoms with E-state index in [1.54, 1.807) is 15.6 Å². The van der Waals surface area contributed by atoms with Crippen molar-refractivity contribution in [3.63, 3.8) is 0 Å². The summed E-state index contributed by atoms with van der Waals surface area (Å²) < 4.78 is 25.5. The predicted molar refractivity (Wildman–Crippen MR) is 94.9 cm³/mol. The highest BCUT2D eigenvalue weighted by Crippen LogP contribution is 2.34. The van der Waals surface area contributed by atoms with Crippen LogP contribution in [0.4, 0.5) is 0 Å². The van der Waals surface area contributed by atoms with Crippen molar-refractivity contribution in [2.24, 2.45) is 5.92 Å². The van der Waals surface area contributed by atoms with E-state index in [0.29, 0.717) is 19.6 Å². The van der Waals surface area contributed by atoms with Gasteiger partial charge >= 0.3 is 0 Å². The van der Waals surface area contributed by atoms with E-state index in [0.717, 1.165) is 37.0 Å². The maximum Gasteiger partial charge on any atom is 0.264 e. The molecule has 4 aliphatic rings. The Morgan fingerprint density at radius 3 is 2.75 bits per heavy atom. The molecule has 7 heteroatoms. The SMILES string of the molecule is CS(=O)(=O)N1C[C@H]2CC[C@@H](C1)N(C(=O)c1scc3c1CCCC3)C2. The molecule has 5 rings (SSSR count). The van der Waals surface area contributed by atoms with Gasteiger partial charge in [-0.1, -0.05) is 0 Å². The van der Waals surface area contributed by atoms with Crippen LogP contribution in [0.1, 0.15) is 46.5 Å². The van der Waals surface area contributed by atoms with E-state index in [2.05, 4.69) is 5.38 Å². The lowest BCUT2D eigenvalue weighted by Gasteiger charge is -2.36. The van der Waals surface area contributed by atoms with Crippen molar-refractivity contribution < 1.29 is 13.2 Å². The minimum absolute atomic E-state index is 0.0207. The molecular formula is C17H24N2O3S2. The van der Waals surface area contributed by atoms with E-state index < -0.39 is 10.0 Å². The maximum absolute atomic E-state index is 13.2. The molecule has 4 heterocycles. The lowest BCUT2D eigenvalue weighted by molar-refractivity contribution is 0.0592. The first-order valence-corrected chi connectivity index (χ1v) is 11.5. The molecule has 0 radical (unpaired) electrons. The largest absolute Gasteiger partial charge is 0.333 e. The summed E-state index contributed by atoms with van der Waals surface area (Å²) in [6, 6.07) is 0.0207. The van der Waals surface area contributed by atoms with Crippen molar-refractivity contribution in [1.82, 2.24) is 9.21 Å². The zero-order valence-corrected chi connectivity index (χ0v) is 15.7. The molecule has 0 N–H and O–H groups in total. The number of fused-ring (bicyclic) bond motifs is 5. The van der Waals surface area contributed by atoms with Gasteiger partial charge in [0.2, 0.25) is 10.0 Å². The molecule has 1 aromatic heterocycles. The summed E-state index contributed by atoms with van der Waals surface area (Å²) in [4.78, 5) is 16.1. The van der Waals surface area contributed by atoms with E-state index in [1.165, 1.54) is 23.8 Å². The fraction of sp³-hybridized carbons (Fsp3) is 0.706. The molecule has 1 aliphatic carbocycles. The molecule has 5 nitrogen and oxygen atoms in total. The number of sulfonamides is 1. The Balaban J connectivity index is 1.61.